The molecule has 94 valence electrons. The summed E-state index contributed by atoms with van der Waals surface area (Å²) in [6, 6.07) is 3.78. The highest BCUT2D eigenvalue weighted by Gasteiger charge is 2.15. The zero-order chi connectivity index (χ0) is 13.3. The topological polar surface area (TPSA) is 46.9 Å². The number of aromatic nitrogens is 2. The summed E-state index contributed by atoms with van der Waals surface area (Å²) in [5, 5.41) is 6.42. The van der Waals surface area contributed by atoms with Crippen LogP contribution in [0.5, 0.6) is 0 Å². The molecule has 2 rings (SSSR count). The zero-order valence-electron chi connectivity index (χ0n) is 9.25. The van der Waals surface area contributed by atoms with E-state index in [9.17, 15) is 9.18 Å². The van der Waals surface area contributed by atoms with Gasteiger partial charge in [0.25, 0.3) is 5.91 Å². The molecule has 0 spiro atoms. The van der Waals surface area contributed by atoms with Crippen LogP contribution in [-0.2, 0) is 7.05 Å². The van der Waals surface area contributed by atoms with Crippen LogP contribution in [0.4, 0.5) is 10.2 Å². The monoisotopic (exact) mass is 287 g/mol. The van der Waals surface area contributed by atoms with Gasteiger partial charge >= 0.3 is 0 Å². The van der Waals surface area contributed by atoms with Crippen LogP contribution in [0.3, 0.4) is 0 Å². The molecule has 0 bridgehead atoms. The lowest BCUT2D eigenvalue weighted by Crippen LogP contribution is -2.13. The van der Waals surface area contributed by atoms with Crippen LogP contribution in [0.25, 0.3) is 0 Å². The number of halogens is 3. The summed E-state index contributed by atoms with van der Waals surface area (Å²) >= 11 is 11.4. The molecule has 1 amide bonds. The third-order valence-corrected chi connectivity index (χ3v) is 2.81. The van der Waals surface area contributed by atoms with Crippen molar-refractivity contribution in [2.45, 2.75) is 0 Å². The maximum atomic E-state index is 13.3. The van der Waals surface area contributed by atoms with Crippen molar-refractivity contribution in [2.24, 2.45) is 7.05 Å². The Morgan fingerprint density at radius 2 is 2.11 bits per heavy atom. The molecule has 0 saturated heterocycles. The number of hydrogen-bond donors (Lipinski definition) is 1. The molecule has 0 aliphatic heterocycles. The standard InChI is InChI=1S/C11H8Cl2FN3O/c1-17-3-2-10(16-17)15-11(18)6-4-9(14)8(13)5-7(6)12/h2-5H,1H3,(H,15,16,18). The number of carbonyl (C=O) groups is 1. The molecule has 1 aromatic carbocycles. The lowest BCUT2D eigenvalue weighted by Gasteiger charge is -2.05. The number of nitrogens with one attached hydrogen (secondary N) is 1. The number of hydrogen-bond acceptors (Lipinski definition) is 2. The van der Waals surface area contributed by atoms with Crippen molar-refractivity contribution in [3.8, 4) is 0 Å². The van der Waals surface area contributed by atoms with Gasteiger partial charge in [-0.05, 0) is 12.1 Å². The van der Waals surface area contributed by atoms with Gasteiger partial charge in [0, 0.05) is 19.3 Å². The lowest BCUT2D eigenvalue weighted by molar-refractivity contribution is 0.102. The van der Waals surface area contributed by atoms with E-state index in [1.54, 1.807) is 19.3 Å². The van der Waals surface area contributed by atoms with Crippen molar-refractivity contribution in [1.82, 2.24) is 9.78 Å². The van der Waals surface area contributed by atoms with Crippen LogP contribution in [0.1, 0.15) is 10.4 Å². The Bertz CT molecular complexity index is 612. The van der Waals surface area contributed by atoms with Gasteiger partial charge < -0.3 is 5.32 Å². The predicted octanol–water partition coefficient (Wildman–Crippen LogP) is 3.12. The van der Waals surface area contributed by atoms with Gasteiger partial charge in [0.2, 0.25) is 0 Å². The van der Waals surface area contributed by atoms with Gasteiger partial charge in [0.1, 0.15) is 5.82 Å². The first-order valence-corrected chi connectivity index (χ1v) is 5.68. The van der Waals surface area contributed by atoms with E-state index in [1.807, 2.05) is 0 Å². The van der Waals surface area contributed by atoms with Gasteiger partial charge in [-0.15, -0.1) is 0 Å². The molecule has 7 heteroatoms. The Morgan fingerprint density at radius 1 is 1.39 bits per heavy atom. The Kier molecular flexibility index (Phi) is 3.54. The van der Waals surface area contributed by atoms with Gasteiger partial charge in [0.15, 0.2) is 5.82 Å². The fraction of sp³-hybridized carbons (Fsp3) is 0.0909. The van der Waals surface area contributed by atoms with Crippen LogP contribution < -0.4 is 5.32 Å². The molecule has 18 heavy (non-hydrogen) atoms. The molecule has 0 atom stereocenters. The third-order valence-electron chi connectivity index (χ3n) is 2.21. The van der Waals surface area contributed by atoms with E-state index >= 15 is 0 Å². The van der Waals surface area contributed by atoms with Gasteiger partial charge in [0.05, 0.1) is 15.6 Å². The number of amides is 1. The second-order valence-corrected chi connectivity index (χ2v) is 4.39. The molecule has 0 aliphatic carbocycles. The summed E-state index contributed by atoms with van der Waals surface area (Å²) < 4.78 is 14.8. The smallest absolute Gasteiger partial charge is 0.258 e. The zero-order valence-corrected chi connectivity index (χ0v) is 10.8. The van der Waals surface area contributed by atoms with E-state index in [1.165, 1.54) is 10.7 Å². The van der Waals surface area contributed by atoms with Crippen molar-refractivity contribution in [1.29, 1.82) is 0 Å². The highest BCUT2D eigenvalue weighted by Crippen LogP contribution is 2.24. The van der Waals surface area contributed by atoms with Crippen molar-refractivity contribution < 1.29 is 9.18 Å². The number of aryl methyl sites for hydroxylation is 1. The van der Waals surface area contributed by atoms with Crippen molar-refractivity contribution >= 4 is 34.9 Å². The molecule has 0 unspecified atom stereocenters. The van der Waals surface area contributed by atoms with E-state index < -0.39 is 11.7 Å². The first kappa shape index (κ1) is 12.9. The Morgan fingerprint density at radius 3 is 2.72 bits per heavy atom. The van der Waals surface area contributed by atoms with Crippen LogP contribution >= 0.6 is 23.2 Å². The number of anilines is 1. The molecule has 1 aromatic heterocycles. The number of rotatable bonds is 2. The SMILES string of the molecule is Cn1ccc(NC(=O)c2cc(F)c(Cl)cc2Cl)n1. The second kappa shape index (κ2) is 4.96. The molecule has 0 radical (unpaired) electrons. The van der Waals surface area contributed by atoms with Gasteiger partial charge in [-0.2, -0.15) is 5.10 Å². The molecule has 1 N–H and O–H groups in total. The molecular weight excluding hydrogens is 280 g/mol. The van der Waals surface area contributed by atoms with E-state index in [4.69, 9.17) is 23.2 Å². The average molecular weight is 288 g/mol. The van der Waals surface area contributed by atoms with E-state index in [0.29, 0.717) is 5.82 Å². The maximum absolute atomic E-state index is 13.3. The van der Waals surface area contributed by atoms with Crippen LogP contribution in [0, 0.1) is 5.82 Å². The first-order chi connectivity index (χ1) is 8.47. The quantitative estimate of drug-likeness (QED) is 0.863. The van der Waals surface area contributed by atoms with E-state index in [2.05, 4.69) is 10.4 Å². The Labute approximate surface area is 112 Å². The summed E-state index contributed by atoms with van der Waals surface area (Å²) in [5.74, 6) is -0.893. The highest BCUT2D eigenvalue weighted by atomic mass is 35.5. The molecular formula is C11H8Cl2FN3O. The minimum atomic E-state index is -0.702. The lowest BCUT2D eigenvalue weighted by atomic mass is 10.2. The largest absolute Gasteiger partial charge is 0.305 e. The average Bonchev–Trinajstić information content (AvgIpc) is 2.69. The summed E-state index contributed by atoms with van der Waals surface area (Å²) in [5.41, 5.74) is 0.00391. The van der Waals surface area contributed by atoms with Crippen molar-refractivity contribution in [3.05, 3.63) is 45.8 Å². The fourth-order valence-corrected chi connectivity index (χ4v) is 1.83. The van der Waals surface area contributed by atoms with Crippen LogP contribution in [0.15, 0.2) is 24.4 Å². The fourth-order valence-electron chi connectivity index (χ4n) is 1.36. The summed E-state index contributed by atoms with van der Waals surface area (Å²) in [7, 11) is 1.71. The minimum absolute atomic E-state index is 0.00391. The van der Waals surface area contributed by atoms with Gasteiger partial charge in [-0.1, -0.05) is 23.2 Å². The summed E-state index contributed by atoms with van der Waals surface area (Å²) in [6.07, 6.45) is 1.67. The van der Waals surface area contributed by atoms with Crippen LogP contribution in [0.2, 0.25) is 10.0 Å². The molecule has 2 aromatic rings. The second-order valence-electron chi connectivity index (χ2n) is 3.57. The van der Waals surface area contributed by atoms with Crippen molar-refractivity contribution in [2.75, 3.05) is 5.32 Å². The first-order valence-electron chi connectivity index (χ1n) is 4.93. The number of benzene rings is 1. The maximum Gasteiger partial charge on any atom is 0.258 e. The van der Waals surface area contributed by atoms with E-state index in [0.717, 1.165) is 6.07 Å². The number of carbonyl (C=O) groups excluding carboxylic acids is 1. The Balaban J connectivity index is 2.26. The molecule has 0 fully saturated rings. The molecule has 0 saturated carbocycles. The van der Waals surface area contributed by atoms with Gasteiger partial charge in [-0.25, -0.2) is 4.39 Å². The number of nitrogens with zero attached hydrogens (tertiary/aromatic N) is 2. The highest BCUT2D eigenvalue weighted by molar-refractivity contribution is 6.37. The molecule has 1 heterocycles. The Hall–Kier alpha value is -1.59. The van der Waals surface area contributed by atoms with Crippen LogP contribution in [-0.4, -0.2) is 15.7 Å². The van der Waals surface area contributed by atoms with Gasteiger partial charge in [-0.3, -0.25) is 9.48 Å². The normalized spacial score (nSPS) is 10.4. The minimum Gasteiger partial charge on any atom is -0.305 e. The van der Waals surface area contributed by atoms with E-state index in [-0.39, 0.29) is 15.6 Å². The summed E-state index contributed by atoms with van der Waals surface area (Å²) in [6.45, 7) is 0. The molecule has 0 aliphatic rings. The molecule has 4 nitrogen and oxygen atoms in total. The predicted molar refractivity (Wildman–Crippen MR) is 67.6 cm³/mol. The third kappa shape index (κ3) is 2.63. The van der Waals surface area contributed by atoms with Crippen molar-refractivity contribution in [3.63, 3.8) is 0 Å². The summed E-state index contributed by atoms with van der Waals surface area (Å²) in [4.78, 5) is 11.9.